The van der Waals surface area contributed by atoms with E-state index in [9.17, 15) is 4.79 Å². The van der Waals surface area contributed by atoms with E-state index < -0.39 is 0 Å². The number of hydrogen-bond donors (Lipinski definition) is 1. The lowest BCUT2D eigenvalue weighted by atomic mass is 10.0. The Morgan fingerprint density at radius 1 is 1.24 bits per heavy atom. The van der Waals surface area contributed by atoms with Crippen LogP contribution in [0.4, 0.5) is 10.6 Å². The number of piperidine rings is 1. The van der Waals surface area contributed by atoms with Crippen LogP contribution in [0.1, 0.15) is 32.1 Å². The van der Waals surface area contributed by atoms with Gasteiger partial charge in [0.1, 0.15) is 5.82 Å². The van der Waals surface area contributed by atoms with Gasteiger partial charge in [-0.2, -0.15) is 0 Å². The normalized spacial score (nSPS) is 24.3. The summed E-state index contributed by atoms with van der Waals surface area (Å²) in [4.78, 5) is 21.6. The number of aromatic nitrogens is 1. The minimum absolute atomic E-state index is 0.130. The Morgan fingerprint density at radius 2 is 2.08 bits per heavy atom. The molecule has 4 rings (SSSR count). The lowest BCUT2D eigenvalue weighted by Gasteiger charge is -2.34. The summed E-state index contributed by atoms with van der Waals surface area (Å²) < 4.78 is 5.47. The lowest BCUT2D eigenvalue weighted by Crippen LogP contribution is -2.51. The largest absolute Gasteiger partial charge is 0.381 e. The van der Waals surface area contributed by atoms with Crippen LogP contribution in [0.2, 0.25) is 0 Å². The average molecular weight is 344 g/mol. The van der Waals surface area contributed by atoms with Crippen LogP contribution in [0, 0.1) is 5.92 Å². The number of nitrogens with zero attached hydrogens (tertiary/aromatic N) is 3. The second-order valence-corrected chi connectivity index (χ2v) is 7.51. The Balaban J connectivity index is 1.27. The van der Waals surface area contributed by atoms with E-state index in [1.54, 1.807) is 0 Å². The van der Waals surface area contributed by atoms with E-state index in [-0.39, 0.29) is 12.1 Å². The van der Waals surface area contributed by atoms with Crippen molar-refractivity contribution >= 4 is 11.8 Å². The number of carbonyl (C=O) groups is 1. The highest BCUT2D eigenvalue weighted by Crippen LogP contribution is 2.29. The van der Waals surface area contributed by atoms with Gasteiger partial charge < -0.3 is 19.9 Å². The quantitative estimate of drug-likeness (QED) is 0.890. The fourth-order valence-corrected chi connectivity index (χ4v) is 3.84. The van der Waals surface area contributed by atoms with Crippen molar-refractivity contribution in [2.45, 2.75) is 44.2 Å². The van der Waals surface area contributed by atoms with Crippen molar-refractivity contribution in [2.75, 3.05) is 37.7 Å². The number of nitrogens with one attached hydrogen (secondary N) is 1. The van der Waals surface area contributed by atoms with Gasteiger partial charge in [0.2, 0.25) is 0 Å². The zero-order chi connectivity index (χ0) is 17.1. The van der Waals surface area contributed by atoms with E-state index in [2.05, 4.69) is 26.2 Å². The molecule has 1 saturated carbocycles. The highest BCUT2D eigenvalue weighted by molar-refractivity contribution is 5.75. The van der Waals surface area contributed by atoms with Gasteiger partial charge in [-0.25, -0.2) is 9.78 Å². The first kappa shape index (κ1) is 16.6. The van der Waals surface area contributed by atoms with Crippen LogP contribution in [-0.4, -0.2) is 60.8 Å². The molecule has 1 unspecified atom stereocenters. The van der Waals surface area contributed by atoms with Gasteiger partial charge in [0, 0.05) is 50.4 Å². The van der Waals surface area contributed by atoms with Gasteiger partial charge in [0.25, 0.3) is 0 Å². The van der Waals surface area contributed by atoms with Gasteiger partial charge in [0.05, 0.1) is 6.61 Å². The standard InChI is InChI=1S/C19H28N4O2/c24-19(23(17-4-5-17)13-15-8-12-25-14-15)21-16-6-10-22(11-7-16)18-3-1-2-9-20-18/h1-3,9,15-17H,4-8,10-14H2,(H,21,24). The number of hydrogen-bond acceptors (Lipinski definition) is 4. The predicted molar refractivity (Wildman–Crippen MR) is 96.7 cm³/mol. The molecule has 1 atom stereocenters. The molecule has 3 aliphatic rings. The summed E-state index contributed by atoms with van der Waals surface area (Å²) in [6.07, 6.45) is 7.18. The number of anilines is 1. The molecule has 6 heteroatoms. The Kier molecular flexibility index (Phi) is 5.06. The Labute approximate surface area is 149 Å². The zero-order valence-corrected chi connectivity index (χ0v) is 14.8. The van der Waals surface area contributed by atoms with Gasteiger partial charge in [0.15, 0.2) is 0 Å². The van der Waals surface area contributed by atoms with Gasteiger partial charge in [-0.15, -0.1) is 0 Å². The molecule has 2 aliphatic heterocycles. The third-order valence-electron chi connectivity index (χ3n) is 5.52. The van der Waals surface area contributed by atoms with Gasteiger partial charge in [-0.05, 0) is 44.2 Å². The Hall–Kier alpha value is -1.82. The van der Waals surface area contributed by atoms with Crippen LogP contribution >= 0.6 is 0 Å². The molecule has 0 radical (unpaired) electrons. The number of pyridine rings is 1. The van der Waals surface area contributed by atoms with Crippen molar-refractivity contribution in [3.63, 3.8) is 0 Å². The molecule has 2 amide bonds. The van der Waals surface area contributed by atoms with Gasteiger partial charge >= 0.3 is 6.03 Å². The molecule has 2 saturated heterocycles. The van der Waals surface area contributed by atoms with Crippen LogP contribution in [0.25, 0.3) is 0 Å². The van der Waals surface area contributed by atoms with E-state index in [0.717, 1.165) is 70.8 Å². The maximum absolute atomic E-state index is 12.8. The second-order valence-electron chi connectivity index (χ2n) is 7.51. The maximum atomic E-state index is 12.8. The molecule has 1 aromatic rings. The molecule has 0 aromatic carbocycles. The lowest BCUT2D eigenvalue weighted by molar-refractivity contribution is 0.159. The molecule has 0 spiro atoms. The number of ether oxygens (including phenoxy) is 1. The van der Waals surface area contributed by atoms with E-state index in [4.69, 9.17) is 4.74 Å². The molecule has 0 bridgehead atoms. The average Bonchev–Trinajstić information content (AvgIpc) is 3.36. The smallest absolute Gasteiger partial charge is 0.317 e. The summed E-state index contributed by atoms with van der Waals surface area (Å²) in [7, 11) is 0. The monoisotopic (exact) mass is 344 g/mol. The van der Waals surface area contributed by atoms with Gasteiger partial charge in [-0.3, -0.25) is 0 Å². The fraction of sp³-hybridized carbons (Fsp3) is 0.684. The minimum Gasteiger partial charge on any atom is -0.381 e. The van der Waals surface area contributed by atoms with E-state index in [0.29, 0.717) is 12.0 Å². The molecular weight excluding hydrogens is 316 g/mol. The van der Waals surface area contributed by atoms with Crippen molar-refractivity contribution in [1.82, 2.24) is 15.2 Å². The summed E-state index contributed by atoms with van der Waals surface area (Å²) in [6, 6.07) is 6.88. The summed E-state index contributed by atoms with van der Waals surface area (Å²) >= 11 is 0. The highest BCUT2D eigenvalue weighted by atomic mass is 16.5. The Bertz CT molecular complexity index is 564. The number of carbonyl (C=O) groups excluding carboxylic acids is 1. The first-order valence-electron chi connectivity index (χ1n) is 9.60. The van der Waals surface area contributed by atoms with Crippen molar-refractivity contribution in [3.05, 3.63) is 24.4 Å². The molecule has 6 nitrogen and oxygen atoms in total. The van der Waals surface area contributed by atoms with Crippen molar-refractivity contribution in [2.24, 2.45) is 5.92 Å². The van der Waals surface area contributed by atoms with Crippen LogP contribution in [0.3, 0.4) is 0 Å². The maximum Gasteiger partial charge on any atom is 0.317 e. The zero-order valence-electron chi connectivity index (χ0n) is 14.8. The number of rotatable bonds is 5. The molecular formula is C19H28N4O2. The third kappa shape index (κ3) is 4.24. The van der Waals surface area contributed by atoms with Crippen LogP contribution in [-0.2, 0) is 4.74 Å². The molecule has 1 N–H and O–H groups in total. The number of urea groups is 1. The summed E-state index contributed by atoms with van der Waals surface area (Å²) in [5.74, 6) is 1.55. The first-order chi connectivity index (χ1) is 12.3. The topological polar surface area (TPSA) is 57.7 Å². The summed E-state index contributed by atoms with van der Waals surface area (Å²) in [6.45, 7) is 4.39. The summed E-state index contributed by atoms with van der Waals surface area (Å²) in [5.41, 5.74) is 0. The molecule has 3 fully saturated rings. The predicted octanol–water partition coefficient (Wildman–Crippen LogP) is 2.26. The Morgan fingerprint density at radius 3 is 2.72 bits per heavy atom. The second kappa shape index (κ2) is 7.60. The fourth-order valence-electron chi connectivity index (χ4n) is 3.84. The van der Waals surface area contributed by atoms with Crippen LogP contribution in [0.15, 0.2) is 24.4 Å². The van der Waals surface area contributed by atoms with Crippen LogP contribution in [0.5, 0.6) is 0 Å². The first-order valence-corrected chi connectivity index (χ1v) is 9.60. The molecule has 1 aromatic heterocycles. The minimum atomic E-state index is 0.130. The van der Waals surface area contributed by atoms with Crippen molar-refractivity contribution < 1.29 is 9.53 Å². The summed E-state index contributed by atoms with van der Waals surface area (Å²) in [5, 5.41) is 3.29. The SMILES string of the molecule is O=C(NC1CCN(c2ccccn2)CC1)N(CC1CCOC1)C1CC1. The van der Waals surface area contributed by atoms with Crippen LogP contribution < -0.4 is 10.2 Å². The molecule has 3 heterocycles. The molecule has 136 valence electrons. The highest BCUT2D eigenvalue weighted by Gasteiger charge is 2.35. The molecule has 25 heavy (non-hydrogen) atoms. The van der Waals surface area contributed by atoms with Crippen molar-refractivity contribution in [1.29, 1.82) is 0 Å². The van der Waals surface area contributed by atoms with E-state index in [1.807, 2.05) is 18.3 Å². The third-order valence-corrected chi connectivity index (χ3v) is 5.52. The van der Waals surface area contributed by atoms with Crippen molar-refractivity contribution in [3.8, 4) is 0 Å². The van der Waals surface area contributed by atoms with E-state index >= 15 is 0 Å². The number of amides is 2. The molecule has 1 aliphatic carbocycles. The van der Waals surface area contributed by atoms with Gasteiger partial charge in [-0.1, -0.05) is 6.07 Å². The van der Waals surface area contributed by atoms with E-state index in [1.165, 1.54) is 0 Å².